The molecular weight excluding hydrogens is 641 g/mol. The van der Waals surface area contributed by atoms with Crippen molar-refractivity contribution in [1.82, 2.24) is 9.97 Å². The molecule has 2 heteroatoms. The van der Waals surface area contributed by atoms with Crippen LogP contribution in [0.1, 0.15) is 25.0 Å². The van der Waals surface area contributed by atoms with Gasteiger partial charge in [0.25, 0.3) is 0 Å². The van der Waals surface area contributed by atoms with Gasteiger partial charge in [0.2, 0.25) is 0 Å². The van der Waals surface area contributed by atoms with Crippen LogP contribution in [0.15, 0.2) is 182 Å². The molecular formula is C51H36N2. The lowest BCUT2D eigenvalue weighted by Gasteiger charge is -2.24. The van der Waals surface area contributed by atoms with E-state index in [0.29, 0.717) is 5.82 Å². The van der Waals surface area contributed by atoms with Crippen LogP contribution in [0.2, 0.25) is 0 Å². The second kappa shape index (κ2) is 12.3. The first kappa shape index (κ1) is 31.1. The lowest BCUT2D eigenvalue weighted by molar-refractivity contribution is 0.662. The Kier molecular flexibility index (Phi) is 7.19. The van der Waals surface area contributed by atoms with Gasteiger partial charge in [-0.3, -0.25) is 0 Å². The van der Waals surface area contributed by atoms with Crippen LogP contribution >= 0.6 is 0 Å². The third kappa shape index (κ3) is 5.18. The SMILES string of the molecule is CC1(C)c2ccccc2-c2cccc(-c3ccc4cc(-c5nc(-c6ccccc6)cc(-c6ccc(-c7ccccc7)c7ccccc67)n5)ccc4c3)c21. The Bertz CT molecular complexity index is 2850. The van der Waals surface area contributed by atoms with Gasteiger partial charge in [0.15, 0.2) is 5.82 Å². The molecule has 0 saturated carbocycles. The van der Waals surface area contributed by atoms with Gasteiger partial charge in [-0.2, -0.15) is 0 Å². The number of hydrogen-bond acceptors (Lipinski definition) is 2. The highest BCUT2D eigenvalue weighted by molar-refractivity contribution is 6.05. The average molecular weight is 677 g/mol. The molecule has 0 aliphatic heterocycles. The van der Waals surface area contributed by atoms with Crippen molar-refractivity contribution in [3.63, 3.8) is 0 Å². The van der Waals surface area contributed by atoms with Crippen LogP contribution in [0.5, 0.6) is 0 Å². The molecule has 0 fully saturated rings. The first-order valence-corrected chi connectivity index (χ1v) is 18.3. The molecule has 0 saturated heterocycles. The van der Waals surface area contributed by atoms with Crippen molar-refractivity contribution in [3.05, 3.63) is 193 Å². The summed E-state index contributed by atoms with van der Waals surface area (Å²) in [5.41, 5.74) is 15.3. The summed E-state index contributed by atoms with van der Waals surface area (Å²) >= 11 is 0. The molecule has 250 valence electrons. The minimum absolute atomic E-state index is 0.0760. The number of benzene rings is 8. The van der Waals surface area contributed by atoms with Crippen LogP contribution in [0, 0.1) is 0 Å². The van der Waals surface area contributed by atoms with Crippen LogP contribution in [0.25, 0.3) is 88.8 Å². The summed E-state index contributed by atoms with van der Waals surface area (Å²) in [6, 6.07) is 65.3. The highest BCUT2D eigenvalue weighted by Gasteiger charge is 2.37. The molecule has 53 heavy (non-hydrogen) atoms. The zero-order chi connectivity index (χ0) is 35.5. The maximum absolute atomic E-state index is 5.29. The van der Waals surface area contributed by atoms with Crippen molar-refractivity contribution in [1.29, 1.82) is 0 Å². The van der Waals surface area contributed by atoms with E-state index in [9.17, 15) is 0 Å². The minimum atomic E-state index is -0.0760. The molecule has 9 aromatic rings. The van der Waals surface area contributed by atoms with Crippen molar-refractivity contribution < 1.29 is 0 Å². The van der Waals surface area contributed by atoms with Gasteiger partial charge in [0.05, 0.1) is 11.4 Å². The average Bonchev–Trinajstić information content (AvgIpc) is 3.46. The molecule has 0 atom stereocenters. The largest absolute Gasteiger partial charge is 0.228 e. The Balaban J connectivity index is 1.09. The number of fused-ring (bicyclic) bond motifs is 5. The van der Waals surface area contributed by atoms with Gasteiger partial charge in [0, 0.05) is 22.1 Å². The third-order valence-corrected chi connectivity index (χ3v) is 11.1. The Morgan fingerprint density at radius 3 is 1.70 bits per heavy atom. The van der Waals surface area contributed by atoms with Crippen LogP contribution in [-0.4, -0.2) is 9.97 Å². The fourth-order valence-electron chi connectivity index (χ4n) is 8.50. The zero-order valence-electron chi connectivity index (χ0n) is 29.7. The number of nitrogens with zero attached hydrogens (tertiary/aromatic N) is 2. The smallest absolute Gasteiger partial charge is 0.160 e. The Hall–Kier alpha value is -6.64. The van der Waals surface area contributed by atoms with Crippen LogP contribution < -0.4 is 0 Å². The number of hydrogen-bond donors (Lipinski definition) is 0. The molecule has 0 bridgehead atoms. The molecule has 1 aromatic heterocycles. The summed E-state index contributed by atoms with van der Waals surface area (Å²) in [5.74, 6) is 0.712. The summed E-state index contributed by atoms with van der Waals surface area (Å²) in [4.78, 5) is 10.5. The minimum Gasteiger partial charge on any atom is -0.228 e. The number of aromatic nitrogens is 2. The summed E-state index contributed by atoms with van der Waals surface area (Å²) in [7, 11) is 0. The molecule has 8 aromatic carbocycles. The van der Waals surface area contributed by atoms with E-state index in [1.54, 1.807) is 0 Å². The Morgan fingerprint density at radius 1 is 0.358 bits per heavy atom. The van der Waals surface area contributed by atoms with E-state index in [2.05, 4.69) is 190 Å². The second-order valence-electron chi connectivity index (χ2n) is 14.6. The lowest BCUT2D eigenvalue weighted by Crippen LogP contribution is -2.16. The molecule has 10 rings (SSSR count). The van der Waals surface area contributed by atoms with Gasteiger partial charge in [-0.1, -0.05) is 178 Å². The molecule has 0 radical (unpaired) electrons. The van der Waals surface area contributed by atoms with Gasteiger partial charge < -0.3 is 0 Å². The monoisotopic (exact) mass is 676 g/mol. The van der Waals surface area contributed by atoms with Gasteiger partial charge >= 0.3 is 0 Å². The van der Waals surface area contributed by atoms with E-state index in [1.165, 1.54) is 60.7 Å². The molecule has 1 heterocycles. The summed E-state index contributed by atoms with van der Waals surface area (Å²) < 4.78 is 0. The van der Waals surface area contributed by atoms with Crippen molar-refractivity contribution in [2.24, 2.45) is 0 Å². The fourth-order valence-corrected chi connectivity index (χ4v) is 8.50. The van der Waals surface area contributed by atoms with E-state index in [1.807, 2.05) is 6.07 Å². The van der Waals surface area contributed by atoms with Crippen LogP contribution in [0.3, 0.4) is 0 Å². The molecule has 0 N–H and O–H groups in total. The zero-order valence-corrected chi connectivity index (χ0v) is 29.7. The van der Waals surface area contributed by atoms with Gasteiger partial charge in [0.1, 0.15) is 0 Å². The van der Waals surface area contributed by atoms with E-state index in [-0.39, 0.29) is 5.41 Å². The van der Waals surface area contributed by atoms with Crippen LogP contribution in [-0.2, 0) is 5.41 Å². The molecule has 0 spiro atoms. The second-order valence-corrected chi connectivity index (χ2v) is 14.6. The summed E-state index contributed by atoms with van der Waals surface area (Å²) in [6.07, 6.45) is 0. The highest BCUT2D eigenvalue weighted by atomic mass is 14.9. The fraction of sp³-hybridized carbons (Fsp3) is 0.0588. The van der Waals surface area contributed by atoms with E-state index in [0.717, 1.165) is 33.5 Å². The van der Waals surface area contributed by atoms with Gasteiger partial charge in [-0.05, 0) is 84.3 Å². The van der Waals surface area contributed by atoms with Crippen molar-refractivity contribution >= 4 is 21.5 Å². The molecule has 1 aliphatic carbocycles. The molecule has 0 unspecified atom stereocenters. The quantitative estimate of drug-likeness (QED) is 0.181. The normalized spacial score (nSPS) is 12.9. The van der Waals surface area contributed by atoms with Crippen molar-refractivity contribution in [2.45, 2.75) is 19.3 Å². The first-order valence-electron chi connectivity index (χ1n) is 18.3. The standard InChI is InChI=1S/C51H36N2/c1-51(2)46-23-12-11-20-43(46)45-22-13-21-40(49(45)51)37-26-24-36-31-38(27-25-35(36)30-37)50-52-47(34-16-7-4-8-17-34)32-48(53-50)44-29-28-39(33-14-5-3-6-15-33)41-18-9-10-19-42(41)44/h3-32H,1-2H3. The van der Waals surface area contributed by atoms with E-state index < -0.39 is 0 Å². The van der Waals surface area contributed by atoms with Crippen molar-refractivity contribution in [3.8, 4) is 67.3 Å². The van der Waals surface area contributed by atoms with Gasteiger partial charge in [-0.25, -0.2) is 9.97 Å². The lowest BCUT2D eigenvalue weighted by atomic mass is 9.78. The third-order valence-electron chi connectivity index (χ3n) is 11.1. The number of rotatable bonds is 5. The first-order chi connectivity index (χ1) is 26.0. The van der Waals surface area contributed by atoms with E-state index in [4.69, 9.17) is 9.97 Å². The van der Waals surface area contributed by atoms with Crippen molar-refractivity contribution in [2.75, 3.05) is 0 Å². The Morgan fingerprint density at radius 2 is 0.925 bits per heavy atom. The maximum atomic E-state index is 5.29. The van der Waals surface area contributed by atoms with Gasteiger partial charge in [-0.15, -0.1) is 0 Å². The highest BCUT2D eigenvalue weighted by Crippen LogP contribution is 2.52. The summed E-state index contributed by atoms with van der Waals surface area (Å²) in [6.45, 7) is 4.71. The van der Waals surface area contributed by atoms with Crippen LogP contribution in [0.4, 0.5) is 0 Å². The molecule has 1 aliphatic rings. The topological polar surface area (TPSA) is 25.8 Å². The Labute approximate surface area is 310 Å². The predicted molar refractivity (Wildman–Crippen MR) is 222 cm³/mol. The summed E-state index contributed by atoms with van der Waals surface area (Å²) in [5, 5.41) is 4.73. The maximum Gasteiger partial charge on any atom is 0.160 e. The predicted octanol–water partition coefficient (Wildman–Crippen LogP) is 13.4. The van der Waals surface area contributed by atoms with E-state index >= 15 is 0 Å². The molecule has 2 nitrogen and oxygen atoms in total. The molecule has 0 amide bonds.